The van der Waals surface area contributed by atoms with Gasteiger partial charge >= 0.3 is 14.8 Å². The molecule has 0 radical (unpaired) electrons. The molecule has 374 valence electrons. The molecule has 0 saturated heterocycles. The molecule has 0 bridgehead atoms. The normalized spacial score (nSPS) is 11.8. The Kier molecular flexibility index (Phi) is 15.4. The summed E-state index contributed by atoms with van der Waals surface area (Å²) in [5.74, 6) is 0.393. The van der Waals surface area contributed by atoms with Gasteiger partial charge in [-0.15, -0.1) is 0 Å². The summed E-state index contributed by atoms with van der Waals surface area (Å²) in [7, 11) is 5.89. The third-order valence-corrected chi connectivity index (χ3v) is 14.4. The number of para-hydroxylation sites is 1. The molecule has 12 heteroatoms. The molecule has 0 aliphatic rings. The van der Waals surface area contributed by atoms with Crippen LogP contribution < -0.4 is 10.1 Å². The van der Waals surface area contributed by atoms with Crippen molar-refractivity contribution in [3.05, 3.63) is 214 Å². The van der Waals surface area contributed by atoms with Gasteiger partial charge in [0.2, 0.25) is 0 Å². The van der Waals surface area contributed by atoms with Crippen molar-refractivity contribution in [2.45, 2.75) is 65.5 Å². The van der Waals surface area contributed by atoms with Gasteiger partial charge in [-0.3, -0.25) is 19.4 Å². The number of carbonyl (C=O) groups excluding carboxylic acids is 2. The summed E-state index contributed by atoms with van der Waals surface area (Å²) in [6, 6.07) is 54.3. The molecular weight excluding hydrogens is 918 g/mol. The van der Waals surface area contributed by atoms with Crippen molar-refractivity contribution in [2.24, 2.45) is 0 Å². The van der Waals surface area contributed by atoms with Crippen LogP contribution in [-0.2, 0) is 44.7 Å². The van der Waals surface area contributed by atoms with Crippen LogP contribution in [-0.4, -0.2) is 89.5 Å². The molecule has 2 amide bonds. The molecule has 3 N–H and O–H groups in total. The van der Waals surface area contributed by atoms with Gasteiger partial charge in [-0.1, -0.05) is 160 Å². The van der Waals surface area contributed by atoms with E-state index in [2.05, 4.69) is 110 Å². The maximum Gasteiger partial charge on any atom is 0.504 e. The van der Waals surface area contributed by atoms with Crippen molar-refractivity contribution in [3.8, 4) is 5.75 Å². The zero-order valence-electron chi connectivity index (χ0n) is 43.5. The zero-order valence-corrected chi connectivity index (χ0v) is 43.5. The fraction of sp³-hybridized carbons (Fsp3) is 0.226. The van der Waals surface area contributed by atoms with Gasteiger partial charge in [0.1, 0.15) is 5.75 Å². The van der Waals surface area contributed by atoms with E-state index in [1.54, 1.807) is 21.9 Å². The van der Waals surface area contributed by atoms with Crippen LogP contribution >= 0.6 is 0 Å². The number of amides is 2. The maximum atomic E-state index is 14.9. The maximum absolute atomic E-state index is 14.9. The van der Waals surface area contributed by atoms with Gasteiger partial charge in [0, 0.05) is 70.1 Å². The van der Waals surface area contributed by atoms with Crippen molar-refractivity contribution in [3.63, 3.8) is 0 Å². The van der Waals surface area contributed by atoms with Crippen molar-refractivity contribution in [1.82, 2.24) is 19.6 Å². The van der Waals surface area contributed by atoms with Crippen LogP contribution in [0.1, 0.15) is 80.4 Å². The standard InChI is InChI=1S/C62H64B2N4O6/c1-62(2,3)57-34-41(60(69)67(6)39-55-48-26-14-10-22-44(48)53(45-23-11-15-27-49(45)55)37-65(4)35-42-20-8-18-30-58(42)64(72)73)32-33-52(57)61(70)68(7)40-56-50-28-16-12-24-46(50)54(47-25-13-17-29-51(47)56)38-66(5)36-43-21-9-19-31-59(43)74-63-71/h8-34,63,71-73H,35-40H2,1-7H3. The van der Waals surface area contributed by atoms with Crippen molar-refractivity contribution in [1.29, 1.82) is 0 Å². The third-order valence-electron chi connectivity index (χ3n) is 14.4. The average Bonchev–Trinajstić information content (AvgIpc) is 3.40. The highest BCUT2D eigenvalue weighted by Gasteiger charge is 2.28. The Morgan fingerprint density at radius 2 is 0.865 bits per heavy atom. The molecule has 0 aliphatic heterocycles. The summed E-state index contributed by atoms with van der Waals surface area (Å²) in [5, 5.41) is 38.4. The van der Waals surface area contributed by atoms with Gasteiger partial charge in [-0.25, -0.2) is 0 Å². The van der Waals surface area contributed by atoms with E-state index in [1.807, 2.05) is 100 Å². The monoisotopic (exact) mass is 983 g/mol. The average molecular weight is 983 g/mol. The van der Waals surface area contributed by atoms with E-state index in [0.29, 0.717) is 61.6 Å². The zero-order chi connectivity index (χ0) is 52.3. The van der Waals surface area contributed by atoms with E-state index in [4.69, 9.17) is 4.65 Å². The van der Waals surface area contributed by atoms with E-state index in [-0.39, 0.29) is 19.5 Å². The highest BCUT2D eigenvalue weighted by Crippen LogP contribution is 2.38. The number of nitrogens with zero attached hydrogens (tertiary/aromatic N) is 4. The molecule has 0 heterocycles. The summed E-state index contributed by atoms with van der Waals surface area (Å²) < 4.78 is 5.53. The van der Waals surface area contributed by atoms with Gasteiger partial charge in [-0.2, -0.15) is 0 Å². The lowest BCUT2D eigenvalue weighted by Gasteiger charge is -2.28. The Labute approximate surface area is 435 Å². The molecule has 9 aromatic rings. The second-order valence-electron chi connectivity index (χ2n) is 20.7. The molecule has 0 aliphatic carbocycles. The lowest BCUT2D eigenvalue weighted by Crippen LogP contribution is -2.35. The minimum absolute atomic E-state index is 0.123. The Bertz CT molecular complexity index is 3430. The molecule has 0 atom stereocenters. The first-order chi connectivity index (χ1) is 35.6. The smallest absolute Gasteiger partial charge is 0.504 e. The topological polar surface area (TPSA) is 117 Å². The lowest BCUT2D eigenvalue weighted by atomic mass is 9.77. The molecule has 0 spiro atoms. The first-order valence-electron chi connectivity index (χ1n) is 25.2. The van der Waals surface area contributed by atoms with E-state index in [1.165, 1.54) is 5.56 Å². The molecule has 0 aromatic heterocycles. The van der Waals surface area contributed by atoms with Gasteiger partial charge in [-0.05, 0) is 126 Å². The van der Waals surface area contributed by atoms with Gasteiger partial charge < -0.3 is 29.5 Å². The van der Waals surface area contributed by atoms with Gasteiger partial charge in [0.25, 0.3) is 11.8 Å². The Balaban J connectivity index is 0.982. The van der Waals surface area contributed by atoms with Gasteiger partial charge in [0.05, 0.1) is 0 Å². The largest absolute Gasteiger partial charge is 0.539 e. The Hall–Kier alpha value is -7.31. The number of hydrogen-bond acceptors (Lipinski definition) is 8. The summed E-state index contributed by atoms with van der Waals surface area (Å²) in [4.78, 5) is 37.5. The minimum Gasteiger partial charge on any atom is -0.539 e. The Morgan fingerprint density at radius 1 is 0.486 bits per heavy atom. The predicted octanol–water partition coefficient (Wildman–Crippen LogP) is 9.72. The predicted molar refractivity (Wildman–Crippen MR) is 303 cm³/mol. The van der Waals surface area contributed by atoms with Gasteiger partial charge in [0.15, 0.2) is 0 Å². The van der Waals surface area contributed by atoms with Crippen LogP contribution in [0.4, 0.5) is 0 Å². The second kappa shape index (κ2) is 22.0. The van der Waals surface area contributed by atoms with Crippen LogP contribution in [0.25, 0.3) is 43.1 Å². The van der Waals surface area contributed by atoms with Crippen LogP contribution in [0.3, 0.4) is 0 Å². The first-order valence-corrected chi connectivity index (χ1v) is 25.2. The van der Waals surface area contributed by atoms with Crippen molar-refractivity contribution >= 4 is 75.2 Å². The minimum atomic E-state index is -1.55. The molecule has 0 fully saturated rings. The number of benzene rings is 9. The van der Waals surface area contributed by atoms with E-state index >= 15 is 0 Å². The van der Waals surface area contributed by atoms with Crippen LogP contribution in [0, 0.1) is 0 Å². The SMILES string of the molecule is CN(Cc1ccccc1OBO)Cc1c2ccccc2c(CN(C)C(=O)c2ccc(C(=O)N(C)Cc3c4ccccc4c(CN(C)Cc4ccccc4B(O)O)c4ccccc34)cc2C(C)(C)C)c2ccccc12. The molecule has 10 nitrogen and oxygen atoms in total. The summed E-state index contributed by atoms with van der Waals surface area (Å²) in [5.41, 5.74) is 8.20. The fourth-order valence-electron chi connectivity index (χ4n) is 10.8. The molecule has 9 rings (SSSR count). The first kappa shape index (κ1) is 51.6. The van der Waals surface area contributed by atoms with Crippen molar-refractivity contribution < 1.29 is 29.3 Å². The van der Waals surface area contributed by atoms with E-state index in [0.717, 1.165) is 76.5 Å². The number of fused-ring (bicyclic) bond motifs is 4. The van der Waals surface area contributed by atoms with Crippen LogP contribution in [0.2, 0.25) is 0 Å². The summed E-state index contributed by atoms with van der Waals surface area (Å²) in [6.45, 7) is 9.38. The molecule has 0 unspecified atom stereocenters. The van der Waals surface area contributed by atoms with Crippen LogP contribution in [0.15, 0.2) is 164 Å². The lowest BCUT2D eigenvalue weighted by molar-refractivity contribution is 0.0772. The number of hydrogen-bond donors (Lipinski definition) is 3. The molecule has 9 aromatic carbocycles. The molecule has 74 heavy (non-hydrogen) atoms. The molecular formula is C62H64B2N4O6. The third kappa shape index (κ3) is 10.7. The fourth-order valence-corrected chi connectivity index (χ4v) is 10.8. The highest BCUT2D eigenvalue weighted by atomic mass is 16.5. The number of carbonyl (C=O) groups is 2. The quantitative estimate of drug-likeness (QED) is 0.0611. The second-order valence-corrected chi connectivity index (χ2v) is 20.7. The summed E-state index contributed by atoms with van der Waals surface area (Å²) in [6.07, 6.45) is 0. The highest BCUT2D eigenvalue weighted by molar-refractivity contribution is 6.59. The number of rotatable bonds is 17. The molecule has 0 saturated carbocycles. The Morgan fingerprint density at radius 3 is 1.30 bits per heavy atom. The van der Waals surface area contributed by atoms with E-state index in [9.17, 15) is 24.7 Å². The van der Waals surface area contributed by atoms with E-state index < -0.39 is 12.5 Å². The summed E-state index contributed by atoms with van der Waals surface area (Å²) >= 11 is 0. The van der Waals surface area contributed by atoms with Crippen LogP contribution in [0.5, 0.6) is 5.75 Å². The van der Waals surface area contributed by atoms with Crippen molar-refractivity contribution in [2.75, 3.05) is 28.2 Å².